The minimum Gasteiger partial charge on any atom is -0.508 e. The quantitative estimate of drug-likeness (QED) is 0.805. The molecule has 1 aromatic carbocycles. The van der Waals surface area contributed by atoms with E-state index in [0.717, 1.165) is 12.0 Å². The Morgan fingerprint density at radius 3 is 2.31 bits per heavy atom. The molecule has 16 heavy (non-hydrogen) atoms. The molecule has 0 aromatic heterocycles. The van der Waals surface area contributed by atoms with E-state index in [9.17, 15) is 9.90 Å². The molecular formula is C13H18O3. The molecule has 0 aliphatic rings. The number of hydrogen-bond acceptors (Lipinski definition) is 2. The standard InChI is InChI=1S/C13H18O3/c1-3-10(8-9(2)13(15)16)11-4-6-12(14)7-5-11/h4-7,9-10,14H,3,8H2,1-2H3,(H,15,16). The number of carbonyl (C=O) groups is 1. The van der Waals surface area contributed by atoms with E-state index >= 15 is 0 Å². The molecule has 0 saturated heterocycles. The van der Waals surface area contributed by atoms with E-state index in [-0.39, 0.29) is 17.6 Å². The van der Waals surface area contributed by atoms with Crippen molar-refractivity contribution in [1.29, 1.82) is 0 Å². The second-order valence-corrected chi connectivity index (χ2v) is 4.17. The van der Waals surface area contributed by atoms with Gasteiger partial charge in [-0.3, -0.25) is 4.79 Å². The van der Waals surface area contributed by atoms with Crippen molar-refractivity contribution in [2.24, 2.45) is 5.92 Å². The Balaban J connectivity index is 2.74. The van der Waals surface area contributed by atoms with E-state index in [1.54, 1.807) is 19.1 Å². The van der Waals surface area contributed by atoms with Crippen LogP contribution in [0.15, 0.2) is 24.3 Å². The molecule has 88 valence electrons. The maximum Gasteiger partial charge on any atom is 0.306 e. The van der Waals surface area contributed by atoms with Gasteiger partial charge in [0.1, 0.15) is 5.75 Å². The SMILES string of the molecule is CCC(CC(C)C(=O)O)c1ccc(O)cc1. The van der Waals surface area contributed by atoms with Crippen molar-refractivity contribution < 1.29 is 15.0 Å². The maximum atomic E-state index is 10.8. The summed E-state index contributed by atoms with van der Waals surface area (Å²) in [6.07, 6.45) is 1.54. The van der Waals surface area contributed by atoms with Crippen molar-refractivity contribution in [1.82, 2.24) is 0 Å². The van der Waals surface area contributed by atoms with Crippen LogP contribution in [-0.2, 0) is 4.79 Å². The maximum absolute atomic E-state index is 10.8. The average molecular weight is 222 g/mol. The zero-order valence-electron chi connectivity index (χ0n) is 9.68. The number of carboxylic acids is 1. The Morgan fingerprint density at radius 2 is 1.88 bits per heavy atom. The highest BCUT2D eigenvalue weighted by Crippen LogP contribution is 2.28. The highest BCUT2D eigenvalue weighted by Gasteiger charge is 2.18. The summed E-state index contributed by atoms with van der Waals surface area (Å²) >= 11 is 0. The third-order valence-corrected chi connectivity index (χ3v) is 2.92. The molecule has 3 nitrogen and oxygen atoms in total. The molecule has 2 atom stereocenters. The molecule has 2 N–H and O–H groups in total. The van der Waals surface area contributed by atoms with Gasteiger partial charge < -0.3 is 10.2 Å². The lowest BCUT2D eigenvalue weighted by Crippen LogP contribution is -2.13. The van der Waals surface area contributed by atoms with Crippen LogP contribution in [0.2, 0.25) is 0 Å². The van der Waals surface area contributed by atoms with Crippen molar-refractivity contribution >= 4 is 5.97 Å². The van der Waals surface area contributed by atoms with Crippen LogP contribution < -0.4 is 0 Å². The van der Waals surface area contributed by atoms with Gasteiger partial charge in [0.05, 0.1) is 5.92 Å². The fourth-order valence-corrected chi connectivity index (χ4v) is 1.81. The number of hydrogen-bond donors (Lipinski definition) is 2. The summed E-state index contributed by atoms with van der Waals surface area (Å²) in [5.41, 5.74) is 1.09. The van der Waals surface area contributed by atoms with Crippen molar-refractivity contribution in [2.75, 3.05) is 0 Å². The van der Waals surface area contributed by atoms with Gasteiger partial charge in [-0.2, -0.15) is 0 Å². The zero-order valence-corrected chi connectivity index (χ0v) is 9.68. The van der Waals surface area contributed by atoms with Crippen molar-refractivity contribution in [3.8, 4) is 5.75 Å². The minimum absolute atomic E-state index is 0.241. The Bertz CT molecular complexity index is 343. The van der Waals surface area contributed by atoms with Crippen LogP contribution in [0.5, 0.6) is 5.75 Å². The lowest BCUT2D eigenvalue weighted by atomic mass is 9.88. The number of phenols is 1. The molecular weight excluding hydrogens is 204 g/mol. The molecule has 0 heterocycles. The summed E-state index contributed by atoms with van der Waals surface area (Å²) in [5, 5.41) is 18.1. The fourth-order valence-electron chi connectivity index (χ4n) is 1.81. The Kier molecular flexibility index (Phi) is 4.35. The van der Waals surface area contributed by atoms with Gasteiger partial charge in [-0.1, -0.05) is 26.0 Å². The van der Waals surface area contributed by atoms with Gasteiger partial charge >= 0.3 is 5.97 Å². The molecule has 3 heteroatoms. The topological polar surface area (TPSA) is 57.5 Å². The monoisotopic (exact) mass is 222 g/mol. The number of phenolic OH excluding ortho intramolecular Hbond substituents is 1. The van der Waals surface area contributed by atoms with Gasteiger partial charge in [0.15, 0.2) is 0 Å². The number of aromatic hydroxyl groups is 1. The third kappa shape index (κ3) is 3.26. The van der Waals surface area contributed by atoms with Crippen LogP contribution in [0.4, 0.5) is 0 Å². The Morgan fingerprint density at radius 1 is 1.31 bits per heavy atom. The molecule has 0 saturated carbocycles. The van der Waals surface area contributed by atoms with Crippen molar-refractivity contribution in [2.45, 2.75) is 32.6 Å². The molecule has 1 aromatic rings. The molecule has 0 amide bonds. The third-order valence-electron chi connectivity index (χ3n) is 2.92. The van der Waals surface area contributed by atoms with Gasteiger partial charge in [-0.05, 0) is 36.5 Å². The van der Waals surface area contributed by atoms with E-state index in [2.05, 4.69) is 0 Å². The Labute approximate surface area is 95.7 Å². The Hall–Kier alpha value is -1.51. The molecule has 0 aliphatic heterocycles. The van der Waals surface area contributed by atoms with Crippen LogP contribution in [-0.4, -0.2) is 16.2 Å². The second-order valence-electron chi connectivity index (χ2n) is 4.17. The number of aliphatic carboxylic acids is 1. The summed E-state index contributed by atoms with van der Waals surface area (Å²) in [4.78, 5) is 10.8. The van der Waals surface area contributed by atoms with E-state index < -0.39 is 5.97 Å². The molecule has 0 radical (unpaired) electrons. The highest BCUT2D eigenvalue weighted by molar-refractivity contribution is 5.69. The van der Waals surface area contributed by atoms with Crippen LogP contribution in [0, 0.1) is 5.92 Å². The first-order chi connectivity index (χ1) is 7.54. The van der Waals surface area contributed by atoms with Gasteiger partial charge in [-0.15, -0.1) is 0 Å². The van der Waals surface area contributed by atoms with E-state index in [1.165, 1.54) is 0 Å². The van der Waals surface area contributed by atoms with Gasteiger partial charge in [0.2, 0.25) is 0 Å². The molecule has 0 aliphatic carbocycles. The normalized spacial score (nSPS) is 14.4. The lowest BCUT2D eigenvalue weighted by molar-refractivity contribution is -0.141. The highest BCUT2D eigenvalue weighted by atomic mass is 16.4. The molecule has 0 bridgehead atoms. The van der Waals surface area contributed by atoms with E-state index in [4.69, 9.17) is 5.11 Å². The predicted octanol–water partition coefficient (Wildman–Crippen LogP) is 3.00. The largest absolute Gasteiger partial charge is 0.508 e. The number of rotatable bonds is 5. The summed E-state index contributed by atoms with van der Waals surface area (Å²) in [6, 6.07) is 7.00. The lowest BCUT2D eigenvalue weighted by Gasteiger charge is -2.17. The van der Waals surface area contributed by atoms with Gasteiger partial charge in [0, 0.05) is 0 Å². The van der Waals surface area contributed by atoms with Crippen LogP contribution in [0.3, 0.4) is 0 Å². The number of carboxylic acid groups (broad SMARTS) is 1. The zero-order chi connectivity index (χ0) is 12.1. The molecule has 2 unspecified atom stereocenters. The first-order valence-corrected chi connectivity index (χ1v) is 5.56. The summed E-state index contributed by atoms with van der Waals surface area (Å²) in [6.45, 7) is 3.78. The van der Waals surface area contributed by atoms with Crippen molar-refractivity contribution in [3.63, 3.8) is 0 Å². The molecule has 0 spiro atoms. The minimum atomic E-state index is -0.753. The van der Waals surface area contributed by atoms with E-state index in [1.807, 2.05) is 19.1 Å². The fraction of sp³-hybridized carbons (Fsp3) is 0.462. The van der Waals surface area contributed by atoms with Crippen LogP contribution >= 0.6 is 0 Å². The first-order valence-electron chi connectivity index (χ1n) is 5.56. The predicted molar refractivity (Wildman–Crippen MR) is 62.6 cm³/mol. The molecule has 1 rings (SSSR count). The molecule has 0 fully saturated rings. The van der Waals surface area contributed by atoms with E-state index in [0.29, 0.717) is 6.42 Å². The van der Waals surface area contributed by atoms with Crippen LogP contribution in [0.1, 0.15) is 38.2 Å². The smallest absolute Gasteiger partial charge is 0.306 e. The average Bonchev–Trinajstić information content (AvgIpc) is 2.26. The van der Waals surface area contributed by atoms with Gasteiger partial charge in [0.25, 0.3) is 0 Å². The second kappa shape index (κ2) is 5.54. The van der Waals surface area contributed by atoms with Crippen LogP contribution in [0.25, 0.3) is 0 Å². The summed E-state index contributed by atoms with van der Waals surface area (Å²) in [7, 11) is 0. The summed E-state index contributed by atoms with van der Waals surface area (Å²) in [5.74, 6) is -0.604. The first kappa shape index (κ1) is 12.6. The summed E-state index contributed by atoms with van der Waals surface area (Å²) < 4.78 is 0. The van der Waals surface area contributed by atoms with Gasteiger partial charge in [-0.25, -0.2) is 0 Å². The number of benzene rings is 1. The van der Waals surface area contributed by atoms with Crippen molar-refractivity contribution in [3.05, 3.63) is 29.8 Å².